The number of aromatic nitrogens is 2. The molecule has 0 N–H and O–H groups in total. The summed E-state index contributed by atoms with van der Waals surface area (Å²) in [6, 6.07) is 57.0. The molecule has 1 aliphatic heterocycles. The van der Waals surface area contributed by atoms with Crippen molar-refractivity contribution in [3.63, 3.8) is 0 Å². The van der Waals surface area contributed by atoms with Crippen LogP contribution < -0.4 is 9.30 Å². The Labute approximate surface area is 273 Å². The number of ether oxygens (including phenoxy) is 1. The van der Waals surface area contributed by atoms with Crippen molar-refractivity contribution < 1.29 is 30.4 Å². The fourth-order valence-corrected chi connectivity index (χ4v) is 5.75. The molecule has 8 rings (SSSR count). The number of fused-ring (bicyclic) bond motifs is 3. The maximum atomic E-state index is 6.05. The molecule has 214 valence electrons. The molecule has 1 unspecified atom stereocenters. The van der Waals surface area contributed by atoms with Gasteiger partial charge >= 0.3 is 21.1 Å². The zero-order valence-electron chi connectivity index (χ0n) is 24.4. The van der Waals surface area contributed by atoms with Crippen LogP contribution in [0.5, 0.6) is 11.5 Å². The molecule has 7 aromatic rings. The zero-order chi connectivity index (χ0) is 29.2. The molecule has 4 heteroatoms. The van der Waals surface area contributed by atoms with Gasteiger partial charge in [-0.3, -0.25) is 4.57 Å². The van der Waals surface area contributed by atoms with Crippen LogP contribution >= 0.6 is 0 Å². The molecule has 1 aromatic heterocycles. The summed E-state index contributed by atoms with van der Waals surface area (Å²) in [6.45, 7) is 4.32. The third-order valence-electron chi connectivity index (χ3n) is 8.00. The van der Waals surface area contributed by atoms with Gasteiger partial charge in [-0.05, 0) is 30.8 Å². The van der Waals surface area contributed by atoms with E-state index in [9.17, 15) is 0 Å². The van der Waals surface area contributed by atoms with Crippen molar-refractivity contribution in [1.29, 1.82) is 0 Å². The monoisotopic (exact) mass is 748 g/mol. The van der Waals surface area contributed by atoms with Gasteiger partial charge < -0.3 is 9.30 Å². The molecule has 0 aliphatic carbocycles. The summed E-state index contributed by atoms with van der Waals surface area (Å²) < 4.78 is 10.2. The third-order valence-corrected chi connectivity index (χ3v) is 8.00. The van der Waals surface area contributed by atoms with Crippen molar-refractivity contribution in [3.05, 3.63) is 186 Å². The molecule has 0 bridgehead atoms. The van der Waals surface area contributed by atoms with Crippen molar-refractivity contribution in [2.24, 2.45) is 0 Å². The Balaban J connectivity index is 0.000000153. The molecule has 0 saturated heterocycles. The molecule has 44 heavy (non-hydrogen) atoms. The van der Waals surface area contributed by atoms with Crippen LogP contribution in [0.15, 0.2) is 140 Å². The van der Waals surface area contributed by atoms with Gasteiger partial charge in [0.15, 0.2) is 0 Å². The van der Waals surface area contributed by atoms with E-state index < -0.39 is 0 Å². The number of rotatable bonds is 3. The van der Waals surface area contributed by atoms with E-state index in [1.807, 2.05) is 66.7 Å². The van der Waals surface area contributed by atoms with E-state index in [4.69, 9.17) is 4.74 Å². The van der Waals surface area contributed by atoms with E-state index in [-0.39, 0.29) is 26.5 Å². The van der Waals surface area contributed by atoms with E-state index in [0.717, 1.165) is 50.6 Å². The molecule has 0 amide bonds. The van der Waals surface area contributed by atoms with E-state index in [1.165, 1.54) is 5.56 Å². The molecule has 0 radical (unpaired) electrons. The largest absolute Gasteiger partial charge is 4.00 e. The second-order valence-corrected chi connectivity index (χ2v) is 10.8. The summed E-state index contributed by atoms with van der Waals surface area (Å²) in [6.07, 6.45) is 3.44. The standard InChI is InChI=1S/C20H15N2.C20H14O.Pt/c1-16-11-13-18(14-12-16)22-15-21(17-7-3-2-4-8-17)19-9-5-6-10-20(19)22;1-20(15-9-3-2-4-10-15)16-11-5-7-13-18(16)21-19-14-8-6-12-17(19)20;/h2-7,9-14H,1H3;2-9,11,13-14H,1H3;/q-1;-2;+4. The maximum Gasteiger partial charge on any atom is 4.00 e. The fraction of sp³-hybridized carbons (Fsp3) is 0.0750. The topological polar surface area (TPSA) is 18.0 Å². The fourth-order valence-electron chi connectivity index (χ4n) is 5.75. The van der Waals surface area contributed by atoms with E-state index in [2.05, 4.69) is 120 Å². The van der Waals surface area contributed by atoms with Gasteiger partial charge in [-0.2, -0.15) is 78.9 Å². The molecule has 0 fully saturated rings. The molecule has 0 saturated carbocycles. The summed E-state index contributed by atoms with van der Waals surface area (Å²) in [4.78, 5) is 0. The smallest absolute Gasteiger partial charge is 0.516 e. The first-order valence-electron chi connectivity index (χ1n) is 14.4. The molecule has 6 aromatic carbocycles. The molecule has 0 spiro atoms. The van der Waals surface area contributed by atoms with Gasteiger partial charge in [0.25, 0.3) is 6.33 Å². The Hall–Kier alpha value is -4.72. The summed E-state index contributed by atoms with van der Waals surface area (Å²) in [5, 5.41) is 0. The minimum atomic E-state index is -0.299. The van der Waals surface area contributed by atoms with Crippen LogP contribution in [0.4, 0.5) is 0 Å². The Morgan fingerprint density at radius 3 is 2.11 bits per heavy atom. The van der Waals surface area contributed by atoms with Crippen LogP contribution in [0.2, 0.25) is 0 Å². The van der Waals surface area contributed by atoms with Gasteiger partial charge in [0, 0.05) is 16.7 Å². The maximum absolute atomic E-state index is 6.05. The number of benzene rings is 6. The first-order chi connectivity index (χ1) is 21.1. The Bertz CT molecular complexity index is 1970. The van der Waals surface area contributed by atoms with Crippen molar-refractivity contribution in [2.75, 3.05) is 0 Å². The first kappa shape index (κ1) is 29.4. The van der Waals surface area contributed by atoms with Crippen LogP contribution in [0.25, 0.3) is 22.4 Å². The average molecular weight is 749 g/mol. The summed E-state index contributed by atoms with van der Waals surface area (Å²) >= 11 is 0. The van der Waals surface area contributed by atoms with Crippen molar-refractivity contribution in [1.82, 2.24) is 4.57 Å². The third kappa shape index (κ3) is 5.29. The van der Waals surface area contributed by atoms with E-state index >= 15 is 0 Å². The van der Waals surface area contributed by atoms with Gasteiger partial charge in [-0.15, -0.1) is 17.2 Å². The number of para-hydroxylation sites is 4. The number of hydrogen-bond acceptors (Lipinski definition) is 1. The second-order valence-electron chi connectivity index (χ2n) is 10.8. The number of aryl methyl sites for hydroxylation is 1. The van der Waals surface area contributed by atoms with Gasteiger partial charge in [-0.25, -0.2) is 0 Å². The average Bonchev–Trinajstić information content (AvgIpc) is 3.46. The van der Waals surface area contributed by atoms with Crippen LogP contribution in [0.3, 0.4) is 0 Å². The van der Waals surface area contributed by atoms with Gasteiger partial charge in [0.1, 0.15) is 5.75 Å². The molecule has 1 aliphatic rings. The van der Waals surface area contributed by atoms with Crippen molar-refractivity contribution in [2.45, 2.75) is 19.3 Å². The Morgan fingerprint density at radius 2 is 1.34 bits per heavy atom. The van der Waals surface area contributed by atoms with E-state index in [0.29, 0.717) is 0 Å². The van der Waals surface area contributed by atoms with Gasteiger partial charge in [0.2, 0.25) is 0 Å². The van der Waals surface area contributed by atoms with E-state index in [1.54, 1.807) is 0 Å². The number of hydrogen-bond donors (Lipinski definition) is 0. The zero-order valence-corrected chi connectivity index (χ0v) is 26.7. The number of imidazole rings is 1. The van der Waals surface area contributed by atoms with Crippen molar-refractivity contribution >= 4 is 11.0 Å². The van der Waals surface area contributed by atoms with Crippen LogP contribution in [0.1, 0.15) is 29.2 Å². The number of nitrogens with zero attached hydrogens (tertiary/aromatic N) is 2. The van der Waals surface area contributed by atoms with Crippen molar-refractivity contribution in [3.8, 4) is 22.9 Å². The Kier molecular flexibility index (Phi) is 8.33. The SMILES string of the molecule is CC1(c2[c-]cccc2)c2[c-]cccc2Oc2ccccc21.Cc1ccc(-[n+]2[c-]n(-c3[c-]cccc3)c3ccccc32)cc1.[Pt+4]. The summed E-state index contributed by atoms with van der Waals surface area (Å²) in [7, 11) is 0. The van der Waals surface area contributed by atoms with Crippen LogP contribution in [0, 0.1) is 31.5 Å². The van der Waals surface area contributed by atoms with Crippen LogP contribution in [-0.4, -0.2) is 4.57 Å². The minimum Gasteiger partial charge on any atom is -0.516 e. The predicted octanol–water partition coefficient (Wildman–Crippen LogP) is 8.56. The predicted molar refractivity (Wildman–Crippen MR) is 170 cm³/mol. The molecule has 1 atom stereocenters. The first-order valence-corrected chi connectivity index (χ1v) is 14.4. The molecule has 2 heterocycles. The second kappa shape index (κ2) is 12.5. The summed E-state index contributed by atoms with van der Waals surface area (Å²) in [5.74, 6) is 1.78. The minimum absolute atomic E-state index is 0. The molecule has 3 nitrogen and oxygen atoms in total. The molecular formula is C40H29N2OPt+. The Morgan fingerprint density at radius 1 is 0.659 bits per heavy atom. The molecular weight excluding hydrogens is 720 g/mol. The normalized spacial score (nSPS) is 14.7. The quantitative estimate of drug-likeness (QED) is 0.131. The summed E-state index contributed by atoms with van der Waals surface area (Å²) in [5.41, 5.74) is 8.64. The van der Waals surface area contributed by atoms with Gasteiger partial charge in [-0.1, -0.05) is 67.1 Å². The van der Waals surface area contributed by atoms with Crippen LogP contribution in [-0.2, 0) is 26.5 Å². The van der Waals surface area contributed by atoms with Gasteiger partial charge in [0.05, 0.1) is 16.7 Å².